The zero-order valence-electron chi connectivity index (χ0n) is 9.51. The van der Waals surface area contributed by atoms with E-state index in [0.717, 1.165) is 10.7 Å². The molecule has 90 valence electrons. The van der Waals surface area contributed by atoms with E-state index in [1.165, 1.54) is 17.7 Å². The number of thiazole rings is 1. The van der Waals surface area contributed by atoms with Gasteiger partial charge in [0.05, 0.1) is 26.3 Å². The number of anilines is 1. The van der Waals surface area contributed by atoms with Gasteiger partial charge in [-0.25, -0.2) is 15.0 Å². The van der Waals surface area contributed by atoms with Gasteiger partial charge in [0.2, 0.25) is 11.8 Å². The molecule has 0 saturated heterocycles. The second kappa shape index (κ2) is 5.44. The summed E-state index contributed by atoms with van der Waals surface area (Å²) < 4.78 is 10.3. The SMILES string of the molecule is COc1ncnc(OC)c1CNc1nccs1. The summed E-state index contributed by atoms with van der Waals surface area (Å²) in [6, 6.07) is 0. The number of nitrogens with zero attached hydrogens (tertiary/aromatic N) is 3. The van der Waals surface area contributed by atoms with E-state index in [0.29, 0.717) is 18.3 Å². The first-order valence-electron chi connectivity index (χ1n) is 4.90. The number of nitrogens with one attached hydrogen (secondary N) is 1. The molecule has 0 aliphatic heterocycles. The molecule has 0 spiro atoms. The van der Waals surface area contributed by atoms with Gasteiger partial charge < -0.3 is 14.8 Å². The molecule has 0 aromatic carbocycles. The summed E-state index contributed by atoms with van der Waals surface area (Å²) in [5.74, 6) is 1.00. The highest BCUT2D eigenvalue weighted by Crippen LogP contribution is 2.24. The molecule has 0 amide bonds. The molecule has 2 heterocycles. The molecule has 0 fully saturated rings. The largest absolute Gasteiger partial charge is 0.481 e. The average molecular weight is 252 g/mol. The van der Waals surface area contributed by atoms with Crippen molar-refractivity contribution in [3.05, 3.63) is 23.5 Å². The first-order valence-corrected chi connectivity index (χ1v) is 5.78. The fraction of sp³-hybridized carbons (Fsp3) is 0.300. The Balaban J connectivity index is 2.18. The van der Waals surface area contributed by atoms with Gasteiger partial charge in [-0.3, -0.25) is 0 Å². The lowest BCUT2D eigenvalue weighted by Crippen LogP contribution is -2.06. The second-order valence-electron chi connectivity index (χ2n) is 3.06. The van der Waals surface area contributed by atoms with Gasteiger partial charge in [0.1, 0.15) is 6.33 Å². The van der Waals surface area contributed by atoms with Crippen LogP contribution < -0.4 is 14.8 Å². The Bertz CT molecular complexity index is 453. The minimum atomic E-state index is 0.501. The summed E-state index contributed by atoms with van der Waals surface area (Å²) in [6.45, 7) is 0.501. The Morgan fingerprint density at radius 3 is 2.41 bits per heavy atom. The van der Waals surface area contributed by atoms with Crippen molar-refractivity contribution < 1.29 is 9.47 Å². The molecule has 2 aromatic heterocycles. The first-order chi connectivity index (χ1) is 8.35. The molecule has 0 bridgehead atoms. The van der Waals surface area contributed by atoms with Crippen molar-refractivity contribution in [1.29, 1.82) is 0 Å². The third-order valence-electron chi connectivity index (χ3n) is 2.10. The Labute approximate surface area is 103 Å². The topological polar surface area (TPSA) is 69.2 Å². The highest BCUT2D eigenvalue weighted by atomic mass is 32.1. The van der Waals surface area contributed by atoms with Crippen LogP contribution >= 0.6 is 11.3 Å². The van der Waals surface area contributed by atoms with Crippen molar-refractivity contribution in [3.63, 3.8) is 0 Å². The van der Waals surface area contributed by atoms with Crippen LogP contribution in [0.1, 0.15) is 5.56 Å². The van der Waals surface area contributed by atoms with E-state index in [2.05, 4.69) is 20.3 Å². The van der Waals surface area contributed by atoms with Gasteiger partial charge in [0.25, 0.3) is 0 Å². The van der Waals surface area contributed by atoms with Crippen LogP contribution in [0.5, 0.6) is 11.8 Å². The molecule has 0 unspecified atom stereocenters. The van der Waals surface area contributed by atoms with Crippen LogP contribution in [0, 0.1) is 0 Å². The summed E-state index contributed by atoms with van der Waals surface area (Å²) in [4.78, 5) is 12.2. The summed E-state index contributed by atoms with van der Waals surface area (Å²) in [5.41, 5.74) is 0.771. The van der Waals surface area contributed by atoms with Crippen LogP contribution in [-0.4, -0.2) is 29.2 Å². The summed E-state index contributed by atoms with van der Waals surface area (Å²) in [5, 5.41) is 5.89. The van der Waals surface area contributed by atoms with Gasteiger partial charge in [-0.15, -0.1) is 11.3 Å². The van der Waals surface area contributed by atoms with E-state index < -0.39 is 0 Å². The summed E-state index contributed by atoms with van der Waals surface area (Å²) in [6.07, 6.45) is 3.15. The van der Waals surface area contributed by atoms with Crippen molar-refractivity contribution in [3.8, 4) is 11.8 Å². The Morgan fingerprint density at radius 2 is 1.88 bits per heavy atom. The minimum absolute atomic E-state index is 0.501. The van der Waals surface area contributed by atoms with E-state index in [9.17, 15) is 0 Å². The molecule has 7 heteroatoms. The van der Waals surface area contributed by atoms with Crippen molar-refractivity contribution in [2.45, 2.75) is 6.54 Å². The molecule has 0 saturated carbocycles. The second-order valence-corrected chi connectivity index (χ2v) is 3.96. The highest BCUT2D eigenvalue weighted by Gasteiger charge is 2.12. The molecular weight excluding hydrogens is 240 g/mol. The maximum Gasteiger partial charge on any atom is 0.225 e. The Kier molecular flexibility index (Phi) is 3.71. The van der Waals surface area contributed by atoms with E-state index in [4.69, 9.17) is 9.47 Å². The van der Waals surface area contributed by atoms with Crippen LogP contribution in [-0.2, 0) is 6.54 Å². The van der Waals surface area contributed by atoms with Gasteiger partial charge in [0.15, 0.2) is 5.13 Å². The van der Waals surface area contributed by atoms with Gasteiger partial charge in [-0.1, -0.05) is 0 Å². The van der Waals surface area contributed by atoms with E-state index >= 15 is 0 Å². The normalized spacial score (nSPS) is 10.0. The molecule has 0 aliphatic rings. The molecule has 2 rings (SSSR count). The van der Waals surface area contributed by atoms with Crippen LogP contribution in [0.2, 0.25) is 0 Å². The smallest absolute Gasteiger partial charge is 0.225 e. The predicted molar refractivity (Wildman–Crippen MR) is 64.6 cm³/mol. The maximum atomic E-state index is 5.17. The van der Waals surface area contributed by atoms with Crippen LogP contribution in [0.25, 0.3) is 0 Å². The standard InChI is InChI=1S/C10H12N4O2S/c1-15-8-7(9(16-2)14-6-13-8)5-12-10-11-3-4-17-10/h3-4,6H,5H2,1-2H3,(H,11,12). The zero-order chi connectivity index (χ0) is 12.1. The van der Waals surface area contributed by atoms with Gasteiger partial charge in [0, 0.05) is 11.6 Å². The molecule has 0 atom stereocenters. The monoisotopic (exact) mass is 252 g/mol. The predicted octanol–water partition coefficient (Wildman–Crippen LogP) is 1.56. The van der Waals surface area contributed by atoms with Crippen LogP contribution in [0.3, 0.4) is 0 Å². The fourth-order valence-corrected chi connectivity index (χ4v) is 1.89. The molecular formula is C10H12N4O2S. The lowest BCUT2D eigenvalue weighted by atomic mass is 10.3. The number of hydrogen-bond donors (Lipinski definition) is 1. The number of ether oxygens (including phenoxy) is 2. The minimum Gasteiger partial charge on any atom is -0.481 e. The van der Waals surface area contributed by atoms with Gasteiger partial charge >= 0.3 is 0 Å². The van der Waals surface area contributed by atoms with Crippen LogP contribution in [0.15, 0.2) is 17.9 Å². The molecule has 1 N–H and O–H groups in total. The van der Waals surface area contributed by atoms with Crippen molar-refractivity contribution in [2.24, 2.45) is 0 Å². The van der Waals surface area contributed by atoms with Crippen molar-refractivity contribution in [1.82, 2.24) is 15.0 Å². The lowest BCUT2D eigenvalue weighted by molar-refractivity contribution is 0.363. The number of rotatable bonds is 5. The third kappa shape index (κ3) is 2.62. The quantitative estimate of drug-likeness (QED) is 0.871. The maximum absolute atomic E-state index is 5.17. The molecule has 2 aromatic rings. The summed E-state index contributed by atoms with van der Waals surface area (Å²) >= 11 is 1.52. The van der Waals surface area contributed by atoms with E-state index in [-0.39, 0.29) is 0 Å². The first kappa shape index (κ1) is 11.6. The molecule has 0 radical (unpaired) electrons. The summed E-state index contributed by atoms with van der Waals surface area (Å²) in [7, 11) is 3.13. The van der Waals surface area contributed by atoms with Gasteiger partial charge in [-0.2, -0.15) is 0 Å². The average Bonchev–Trinajstić information content (AvgIpc) is 2.88. The molecule has 17 heavy (non-hydrogen) atoms. The van der Waals surface area contributed by atoms with Gasteiger partial charge in [-0.05, 0) is 0 Å². The lowest BCUT2D eigenvalue weighted by Gasteiger charge is -2.10. The van der Waals surface area contributed by atoms with Crippen LogP contribution in [0.4, 0.5) is 5.13 Å². The molecule has 0 aliphatic carbocycles. The number of hydrogen-bond acceptors (Lipinski definition) is 7. The molecule has 6 nitrogen and oxygen atoms in total. The number of aromatic nitrogens is 3. The Hall–Kier alpha value is -1.89. The zero-order valence-corrected chi connectivity index (χ0v) is 10.3. The van der Waals surface area contributed by atoms with E-state index in [1.807, 2.05) is 5.38 Å². The highest BCUT2D eigenvalue weighted by molar-refractivity contribution is 7.13. The number of methoxy groups -OCH3 is 2. The fourth-order valence-electron chi connectivity index (χ4n) is 1.36. The van der Waals surface area contributed by atoms with Crippen molar-refractivity contribution in [2.75, 3.05) is 19.5 Å². The third-order valence-corrected chi connectivity index (χ3v) is 2.83. The Morgan fingerprint density at radius 1 is 1.18 bits per heavy atom. The van der Waals surface area contributed by atoms with E-state index in [1.54, 1.807) is 20.4 Å². The van der Waals surface area contributed by atoms with Crippen molar-refractivity contribution >= 4 is 16.5 Å².